The molecule has 1 amide bonds. The highest BCUT2D eigenvalue weighted by atomic mass is 35.5. The van der Waals surface area contributed by atoms with E-state index in [1.54, 1.807) is 19.2 Å². The second-order valence-electron chi connectivity index (χ2n) is 4.38. The smallest absolute Gasteiger partial charge is 0.254 e. The highest BCUT2D eigenvalue weighted by molar-refractivity contribution is 6.30. The lowest BCUT2D eigenvalue weighted by Gasteiger charge is -2.11. The molecule has 22 heavy (non-hydrogen) atoms. The summed E-state index contributed by atoms with van der Waals surface area (Å²) in [5.41, 5.74) is -0.0540. The van der Waals surface area contributed by atoms with E-state index in [0.717, 1.165) is 6.07 Å². The lowest BCUT2D eigenvalue weighted by atomic mass is 10.2. The van der Waals surface area contributed by atoms with Gasteiger partial charge in [0.2, 0.25) is 0 Å². The van der Waals surface area contributed by atoms with Crippen molar-refractivity contribution in [3.05, 3.63) is 58.9 Å². The number of hydrogen-bond acceptors (Lipinski definition) is 3. The quantitative estimate of drug-likeness (QED) is 0.830. The molecule has 0 aliphatic rings. The van der Waals surface area contributed by atoms with Crippen LogP contribution in [0.4, 0.5) is 4.39 Å². The van der Waals surface area contributed by atoms with E-state index in [-0.39, 0.29) is 23.7 Å². The van der Waals surface area contributed by atoms with Crippen molar-refractivity contribution in [1.29, 1.82) is 0 Å². The van der Waals surface area contributed by atoms with Gasteiger partial charge in [-0.25, -0.2) is 4.39 Å². The van der Waals surface area contributed by atoms with Crippen LogP contribution in [0.3, 0.4) is 0 Å². The summed E-state index contributed by atoms with van der Waals surface area (Å²) in [6, 6.07) is 11.1. The number of halogens is 2. The van der Waals surface area contributed by atoms with Crippen molar-refractivity contribution in [3.8, 4) is 11.5 Å². The van der Waals surface area contributed by atoms with Crippen LogP contribution in [-0.2, 0) is 0 Å². The van der Waals surface area contributed by atoms with Gasteiger partial charge < -0.3 is 14.8 Å². The number of benzene rings is 2. The standard InChI is InChI=1S/C16H15ClFNO3/c1-21-14-4-2-3-5-15(14)22-9-8-19-16(20)12-7-6-11(17)10-13(12)18/h2-7,10H,8-9H2,1H3,(H,19,20). The van der Waals surface area contributed by atoms with Crippen LogP contribution in [0.15, 0.2) is 42.5 Å². The van der Waals surface area contributed by atoms with Gasteiger partial charge >= 0.3 is 0 Å². The number of methoxy groups -OCH3 is 1. The van der Waals surface area contributed by atoms with Crippen molar-refractivity contribution in [1.82, 2.24) is 5.32 Å². The van der Waals surface area contributed by atoms with Crippen molar-refractivity contribution in [3.63, 3.8) is 0 Å². The molecule has 0 saturated carbocycles. The summed E-state index contributed by atoms with van der Waals surface area (Å²) >= 11 is 5.64. The average Bonchev–Trinajstić information content (AvgIpc) is 2.51. The maximum atomic E-state index is 13.6. The third-order valence-electron chi connectivity index (χ3n) is 2.89. The first-order valence-electron chi connectivity index (χ1n) is 6.61. The Morgan fingerprint density at radius 1 is 1.23 bits per heavy atom. The molecule has 0 heterocycles. The number of hydrogen-bond donors (Lipinski definition) is 1. The summed E-state index contributed by atoms with van der Waals surface area (Å²) in [5.74, 6) is 0.0166. The molecule has 1 N–H and O–H groups in total. The number of carbonyl (C=O) groups is 1. The van der Waals surface area contributed by atoms with Crippen LogP contribution in [0.1, 0.15) is 10.4 Å². The largest absolute Gasteiger partial charge is 0.493 e. The molecule has 6 heteroatoms. The van der Waals surface area contributed by atoms with Crippen molar-refractivity contribution in [2.75, 3.05) is 20.3 Å². The van der Waals surface area contributed by atoms with Crippen molar-refractivity contribution in [2.24, 2.45) is 0 Å². The number of nitrogens with one attached hydrogen (secondary N) is 1. The van der Waals surface area contributed by atoms with E-state index in [4.69, 9.17) is 21.1 Å². The van der Waals surface area contributed by atoms with Gasteiger partial charge in [-0.3, -0.25) is 4.79 Å². The minimum atomic E-state index is -0.657. The molecule has 0 atom stereocenters. The van der Waals surface area contributed by atoms with Gasteiger partial charge in [-0.2, -0.15) is 0 Å². The Morgan fingerprint density at radius 3 is 2.64 bits per heavy atom. The number of carbonyl (C=O) groups excluding carboxylic acids is 1. The molecule has 4 nitrogen and oxygen atoms in total. The Bertz CT molecular complexity index is 664. The van der Waals surface area contributed by atoms with Crippen LogP contribution in [0.2, 0.25) is 5.02 Å². The van der Waals surface area contributed by atoms with Gasteiger partial charge in [0, 0.05) is 5.02 Å². The zero-order valence-electron chi connectivity index (χ0n) is 11.9. The Labute approximate surface area is 132 Å². The van der Waals surface area contributed by atoms with Crippen LogP contribution in [-0.4, -0.2) is 26.2 Å². The van der Waals surface area contributed by atoms with E-state index < -0.39 is 11.7 Å². The molecule has 0 saturated heterocycles. The first-order valence-corrected chi connectivity index (χ1v) is 6.98. The highest BCUT2D eigenvalue weighted by Crippen LogP contribution is 2.25. The van der Waals surface area contributed by atoms with Crippen LogP contribution < -0.4 is 14.8 Å². The summed E-state index contributed by atoms with van der Waals surface area (Å²) in [4.78, 5) is 11.8. The van der Waals surface area contributed by atoms with Crippen LogP contribution in [0.5, 0.6) is 11.5 Å². The van der Waals surface area contributed by atoms with E-state index in [9.17, 15) is 9.18 Å². The number of para-hydroxylation sites is 2. The predicted molar refractivity (Wildman–Crippen MR) is 82.2 cm³/mol. The normalized spacial score (nSPS) is 10.1. The molecule has 2 rings (SSSR count). The molecule has 0 spiro atoms. The molecular formula is C16H15ClFNO3. The van der Waals surface area contributed by atoms with E-state index >= 15 is 0 Å². The molecule has 0 aliphatic carbocycles. The maximum Gasteiger partial charge on any atom is 0.254 e. The highest BCUT2D eigenvalue weighted by Gasteiger charge is 2.11. The van der Waals surface area contributed by atoms with Crippen molar-refractivity contribution >= 4 is 17.5 Å². The zero-order chi connectivity index (χ0) is 15.9. The second-order valence-corrected chi connectivity index (χ2v) is 4.82. The van der Waals surface area contributed by atoms with E-state index in [0.29, 0.717) is 11.5 Å². The van der Waals surface area contributed by atoms with Crippen LogP contribution >= 0.6 is 11.6 Å². The fraction of sp³-hybridized carbons (Fsp3) is 0.188. The van der Waals surface area contributed by atoms with Gasteiger partial charge in [-0.1, -0.05) is 23.7 Å². The van der Waals surface area contributed by atoms with Crippen LogP contribution in [0.25, 0.3) is 0 Å². The minimum Gasteiger partial charge on any atom is -0.493 e. The minimum absolute atomic E-state index is 0.0540. The Hall–Kier alpha value is -2.27. The third-order valence-corrected chi connectivity index (χ3v) is 3.13. The first-order chi connectivity index (χ1) is 10.6. The van der Waals surface area contributed by atoms with E-state index in [2.05, 4.69) is 5.32 Å². The monoisotopic (exact) mass is 323 g/mol. The maximum absolute atomic E-state index is 13.6. The van der Waals surface area contributed by atoms with Crippen LogP contribution in [0, 0.1) is 5.82 Å². The molecule has 0 radical (unpaired) electrons. The van der Waals surface area contributed by atoms with Gasteiger partial charge in [0.25, 0.3) is 5.91 Å². The summed E-state index contributed by atoms with van der Waals surface area (Å²) < 4.78 is 24.2. The molecule has 0 bridgehead atoms. The molecule has 2 aromatic carbocycles. The fourth-order valence-corrected chi connectivity index (χ4v) is 1.99. The lowest BCUT2D eigenvalue weighted by Crippen LogP contribution is -2.28. The molecular weight excluding hydrogens is 309 g/mol. The predicted octanol–water partition coefficient (Wildman–Crippen LogP) is 3.30. The summed E-state index contributed by atoms with van der Waals surface area (Å²) in [6.07, 6.45) is 0. The molecule has 2 aromatic rings. The molecule has 0 aliphatic heterocycles. The Balaban J connectivity index is 1.85. The Kier molecular flexibility index (Phi) is 5.61. The van der Waals surface area contributed by atoms with Gasteiger partial charge in [0.05, 0.1) is 19.2 Å². The third kappa shape index (κ3) is 4.11. The number of rotatable bonds is 6. The fourth-order valence-electron chi connectivity index (χ4n) is 1.83. The zero-order valence-corrected chi connectivity index (χ0v) is 12.7. The van der Waals surface area contributed by atoms with Gasteiger partial charge in [0.15, 0.2) is 11.5 Å². The lowest BCUT2D eigenvalue weighted by molar-refractivity contribution is 0.0943. The Morgan fingerprint density at radius 2 is 1.95 bits per heavy atom. The topological polar surface area (TPSA) is 47.6 Å². The molecule has 116 valence electrons. The SMILES string of the molecule is COc1ccccc1OCCNC(=O)c1ccc(Cl)cc1F. The average molecular weight is 324 g/mol. The molecule has 0 fully saturated rings. The van der Waals surface area contributed by atoms with E-state index in [1.165, 1.54) is 12.1 Å². The first kappa shape index (κ1) is 16.1. The van der Waals surface area contributed by atoms with E-state index in [1.807, 2.05) is 12.1 Å². The summed E-state index contributed by atoms with van der Waals surface area (Å²) in [5, 5.41) is 2.82. The summed E-state index contributed by atoms with van der Waals surface area (Å²) in [7, 11) is 1.55. The van der Waals surface area contributed by atoms with Crippen molar-refractivity contribution in [2.45, 2.75) is 0 Å². The second kappa shape index (κ2) is 7.66. The van der Waals surface area contributed by atoms with Gasteiger partial charge in [-0.15, -0.1) is 0 Å². The molecule has 0 unspecified atom stereocenters. The molecule has 0 aromatic heterocycles. The van der Waals surface area contributed by atoms with Gasteiger partial charge in [0.1, 0.15) is 12.4 Å². The van der Waals surface area contributed by atoms with Crippen molar-refractivity contribution < 1.29 is 18.7 Å². The van der Waals surface area contributed by atoms with Gasteiger partial charge in [-0.05, 0) is 30.3 Å². The number of amides is 1. The summed E-state index contributed by atoms with van der Waals surface area (Å²) in [6.45, 7) is 0.472. The number of ether oxygens (including phenoxy) is 2.